The predicted molar refractivity (Wildman–Crippen MR) is 46.3 cm³/mol. The molecule has 3 N–H and O–H groups in total. The lowest BCUT2D eigenvalue weighted by Crippen LogP contribution is -2.12. The van der Waals surface area contributed by atoms with Crippen LogP contribution in [0.1, 0.15) is 10.4 Å². The minimum Gasteiger partial charge on any atom is -0.432 e. The molecule has 4 nitrogen and oxygen atoms in total. The van der Waals surface area contributed by atoms with Gasteiger partial charge in [0, 0.05) is 0 Å². The molecule has 0 atom stereocenters. The van der Waals surface area contributed by atoms with Crippen molar-refractivity contribution in [2.75, 3.05) is 5.43 Å². The van der Waals surface area contributed by atoms with Crippen molar-refractivity contribution >= 4 is 12.0 Å². The Morgan fingerprint density at radius 2 is 2.21 bits per heavy atom. The summed E-state index contributed by atoms with van der Waals surface area (Å²) < 4.78 is 28.0. The highest BCUT2D eigenvalue weighted by atomic mass is 19.3. The highest BCUT2D eigenvalue weighted by Gasteiger charge is 2.13. The molecule has 0 saturated carbocycles. The van der Waals surface area contributed by atoms with E-state index >= 15 is 0 Å². The van der Waals surface area contributed by atoms with Gasteiger partial charge >= 0.3 is 6.61 Å². The van der Waals surface area contributed by atoms with Gasteiger partial charge in [-0.05, 0) is 12.1 Å². The van der Waals surface area contributed by atoms with E-state index in [1.807, 2.05) is 0 Å². The number of nitrogen functional groups attached to an aromatic ring is 1. The summed E-state index contributed by atoms with van der Waals surface area (Å²) in [6, 6.07) is 4.27. The first kappa shape index (κ1) is 10.4. The maximum absolute atomic E-state index is 11.9. The van der Waals surface area contributed by atoms with Crippen molar-refractivity contribution in [3.8, 4) is 5.75 Å². The molecule has 0 spiro atoms. The van der Waals surface area contributed by atoms with Gasteiger partial charge < -0.3 is 10.2 Å². The molecule has 0 heterocycles. The Labute approximate surface area is 78.6 Å². The second kappa shape index (κ2) is 4.52. The van der Waals surface area contributed by atoms with Crippen molar-refractivity contribution in [3.05, 3.63) is 23.8 Å². The molecule has 76 valence electrons. The quantitative estimate of drug-likeness (QED) is 0.440. The lowest BCUT2D eigenvalue weighted by Gasteiger charge is -2.11. The second-order valence-electron chi connectivity index (χ2n) is 2.36. The van der Waals surface area contributed by atoms with Crippen molar-refractivity contribution in [1.29, 1.82) is 0 Å². The summed E-state index contributed by atoms with van der Waals surface area (Å²) in [6.07, 6.45) is 0.415. The number of hydrogen-bond donors (Lipinski definition) is 2. The number of ether oxygens (including phenoxy) is 1. The summed E-state index contributed by atoms with van der Waals surface area (Å²) in [5.74, 6) is 4.81. The molecule has 0 aliphatic rings. The largest absolute Gasteiger partial charge is 0.432 e. The lowest BCUT2D eigenvalue weighted by molar-refractivity contribution is -0.0495. The van der Waals surface area contributed by atoms with Gasteiger partial charge in [-0.15, -0.1) is 0 Å². The van der Waals surface area contributed by atoms with Crippen LogP contribution in [0.4, 0.5) is 14.5 Å². The topological polar surface area (TPSA) is 64.3 Å². The third-order valence-corrected chi connectivity index (χ3v) is 1.53. The smallest absolute Gasteiger partial charge is 0.387 e. The maximum Gasteiger partial charge on any atom is 0.387 e. The van der Waals surface area contributed by atoms with E-state index in [2.05, 4.69) is 10.2 Å². The Balaban J connectivity index is 3.12. The van der Waals surface area contributed by atoms with E-state index in [1.165, 1.54) is 18.2 Å². The lowest BCUT2D eigenvalue weighted by atomic mass is 10.2. The molecule has 1 aromatic rings. The number of alkyl halides is 2. The first-order valence-corrected chi connectivity index (χ1v) is 3.68. The van der Waals surface area contributed by atoms with Crippen LogP contribution < -0.4 is 16.0 Å². The molecule has 0 aliphatic heterocycles. The minimum absolute atomic E-state index is 0.0146. The van der Waals surface area contributed by atoms with Crippen LogP contribution in [0, 0.1) is 0 Å². The van der Waals surface area contributed by atoms with E-state index in [0.717, 1.165) is 0 Å². The number of nitrogens with one attached hydrogen (secondary N) is 1. The monoisotopic (exact) mass is 202 g/mol. The van der Waals surface area contributed by atoms with Gasteiger partial charge in [-0.2, -0.15) is 8.78 Å². The second-order valence-corrected chi connectivity index (χ2v) is 2.36. The summed E-state index contributed by atoms with van der Waals surface area (Å²) >= 11 is 0. The maximum atomic E-state index is 11.9. The number of rotatable bonds is 4. The average Bonchev–Trinajstić information content (AvgIpc) is 2.17. The molecule has 0 bridgehead atoms. The number of carbonyl (C=O) groups excluding carboxylic acids is 1. The van der Waals surface area contributed by atoms with Crippen molar-refractivity contribution in [3.63, 3.8) is 0 Å². The van der Waals surface area contributed by atoms with E-state index in [9.17, 15) is 13.6 Å². The predicted octanol–water partition coefficient (Wildman–Crippen LogP) is 1.39. The molecule has 0 aliphatic carbocycles. The fraction of sp³-hybridized carbons (Fsp3) is 0.125. The van der Waals surface area contributed by atoms with Gasteiger partial charge in [-0.25, -0.2) is 0 Å². The summed E-state index contributed by atoms with van der Waals surface area (Å²) in [5, 5.41) is 0. The number of carbonyl (C=O) groups is 1. The minimum atomic E-state index is -3.00. The summed E-state index contributed by atoms with van der Waals surface area (Å²) in [4.78, 5) is 10.5. The van der Waals surface area contributed by atoms with Gasteiger partial charge in [0.25, 0.3) is 0 Å². The molecule has 0 aromatic heterocycles. The first-order chi connectivity index (χ1) is 6.69. The van der Waals surface area contributed by atoms with Crippen LogP contribution in [-0.2, 0) is 0 Å². The third kappa shape index (κ3) is 2.17. The summed E-state index contributed by atoms with van der Waals surface area (Å²) in [6.45, 7) is -3.00. The fourth-order valence-electron chi connectivity index (χ4n) is 0.982. The van der Waals surface area contributed by atoms with Crippen molar-refractivity contribution in [2.45, 2.75) is 6.61 Å². The number of anilines is 1. The van der Waals surface area contributed by atoms with E-state index in [0.29, 0.717) is 6.29 Å². The molecule has 0 radical (unpaired) electrons. The molecule has 1 rings (SSSR count). The third-order valence-electron chi connectivity index (χ3n) is 1.53. The van der Waals surface area contributed by atoms with Gasteiger partial charge in [0.15, 0.2) is 12.0 Å². The number of benzene rings is 1. The number of aldehydes is 1. The Bertz CT molecular complexity index is 331. The zero-order valence-corrected chi connectivity index (χ0v) is 7.04. The van der Waals surface area contributed by atoms with Crippen molar-refractivity contribution in [2.24, 2.45) is 5.84 Å². The number of halogens is 2. The number of hydrogen-bond acceptors (Lipinski definition) is 4. The van der Waals surface area contributed by atoms with E-state index in [-0.39, 0.29) is 17.0 Å². The van der Waals surface area contributed by atoms with Gasteiger partial charge in [0.2, 0.25) is 0 Å². The fourth-order valence-corrected chi connectivity index (χ4v) is 0.982. The van der Waals surface area contributed by atoms with E-state index in [4.69, 9.17) is 5.84 Å². The van der Waals surface area contributed by atoms with Crippen LogP contribution in [0.2, 0.25) is 0 Å². The Morgan fingerprint density at radius 3 is 2.71 bits per heavy atom. The molecule has 0 fully saturated rings. The molecule has 1 aromatic carbocycles. The van der Waals surface area contributed by atoms with Crippen LogP contribution in [0.3, 0.4) is 0 Å². The summed E-state index contributed by atoms with van der Waals surface area (Å²) in [7, 11) is 0. The molecular formula is C8H8F2N2O2. The average molecular weight is 202 g/mol. The van der Waals surface area contributed by atoms with Gasteiger partial charge in [-0.3, -0.25) is 10.6 Å². The molecule has 0 amide bonds. The van der Waals surface area contributed by atoms with E-state index < -0.39 is 6.61 Å². The van der Waals surface area contributed by atoms with Crippen LogP contribution in [0.5, 0.6) is 5.75 Å². The molecular weight excluding hydrogens is 194 g/mol. The summed E-state index contributed by atoms with van der Waals surface area (Å²) in [5.41, 5.74) is 2.31. The van der Waals surface area contributed by atoms with Crippen LogP contribution in [-0.4, -0.2) is 12.9 Å². The van der Waals surface area contributed by atoms with E-state index in [1.54, 1.807) is 0 Å². The zero-order chi connectivity index (χ0) is 10.6. The molecule has 0 unspecified atom stereocenters. The van der Waals surface area contributed by atoms with Crippen LogP contribution in [0.15, 0.2) is 18.2 Å². The zero-order valence-electron chi connectivity index (χ0n) is 7.04. The number of hydrazine groups is 1. The molecule has 14 heavy (non-hydrogen) atoms. The van der Waals surface area contributed by atoms with Gasteiger partial charge in [-0.1, -0.05) is 6.07 Å². The first-order valence-electron chi connectivity index (χ1n) is 3.68. The molecule has 6 heteroatoms. The van der Waals surface area contributed by atoms with Crippen molar-refractivity contribution in [1.82, 2.24) is 0 Å². The number of nitrogens with two attached hydrogens (primary N) is 1. The highest BCUT2D eigenvalue weighted by molar-refractivity contribution is 5.83. The van der Waals surface area contributed by atoms with Crippen LogP contribution >= 0.6 is 0 Å². The Morgan fingerprint density at radius 1 is 1.50 bits per heavy atom. The Kier molecular flexibility index (Phi) is 3.35. The van der Waals surface area contributed by atoms with Crippen LogP contribution in [0.25, 0.3) is 0 Å². The molecule has 0 saturated heterocycles. The normalized spacial score (nSPS) is 10.0. The van der Waals surface area contributed by atoms with Gasteiger partial charge in [0.05, 0.1) is 11.3 Å². The Hall–Kier alpha value is -1.69. The van der Waals surface area contributed by atoms with Crippen molar-refractivity contribution < 1.29 is 18.3 Å². The highest BCUT2D eigenvalue weighted by Crippen LogP contribution is 2.28. The van der Waals surface area contributed by atoms with Gasteiger partial charge in [0.1, 0.15) is 0 Å². The standard InChI is InChI=1S/C8H8F2N2O2/c9-8(10)14-7-5(4-13)2-1-3-6(7)12-11/h1-4,8,12H,11H2. The SMILES string of the molecule is NNc1cccc(C=O)c1OC(F)F. The number of para-hydroxylation sites is 1.